The fourth-order valence-electron chi connectivity index (χ4n) is 3.39. The standard InChI is InChI=1S/C14H16N2O2S/c15-11-9-5-3-7-18-13(9)12(11)16-14(17)8-4-1-2-6-10(8)19-16/h1-2,4,6,9,11-13H,3,5,7,15H2. The van der Waals surface area contributed by atoms with E-state index in [4.69, 9.17) is 10.5 Å². The minimum atomic E-state index is 0.0233. The molecule has 4 atom stereocenters. The van der Waals surface area contributed by atoms with Crippen molar-refractivity contribution in [2.24, 2.45) is 11.7 Å². The van der Waals surface area contributed by atoms with Crippen LogP contribution in [0.1, 0.15) is 18.9 Å². The van der Waals surface area contributed by atoms with Crippen molar-refractivity contribution in [3.05, 3.63) is 34.6 Å². The normalized spacial score (nSPS) is 33.9. The van der Waals surface area contributed by atoms with Gasteiger partial charge in [0.1, 0.15) is 0 Å². The van der Waals surface area contributed by atoms with Gasteiger partial charge in [0.05, 0.1) is 22.2 Å². The predicted octanol–water partition coefficient (Wildman–Crippen LogP) is 1.74. The van der Waals surface area contributed by atoms with Crippen LogP contribution >= 0.6 is 11.5 Å². The highest BCUT2D eigenvalue weighted by Gasteiger charge is 2.52. The predicted molar refractivity (Wildman–Crippen MR) is 75.6 cm³/mol. The monoisotopic (exact) mass is 276 g/mol. The van der Waals surface area contributed by atoms with Crippen LogP contribution in [0.3, 0.4) is 0 Å². The average Bonchev–Trinajstić information content (AvgIpc) is 2.76. The Kier molecular flexibility index (Phi) is 2.55. The van der Waals surface area contributed by atoms with E-state index in [1.807, 2.05) is 28.2 Å². The lowest BCUT2D eigenvalue weighted by atomic mass is 9.69. The minimum absolute atomic E-state index is 0.0233. The highest BCUT2D eigenvalue weighted by molar-refractivity contribution is 7.13. The quantitative estimate of drug-likeness (QED) is 0.863. The summed E-state index contributed by atoms with van der Waals surface area (Å²) in [5.41, 5.74) is 6.34. The van der Waals surface area contributed by atoms with E-state index in [-0.39, 0.29) is 23.7 Å². The van der Waals surface area contributed by atoms with Gasteiger partial charge in [0.2, 0.25) is 0 Å². The zero-order chi connectivity index (χ0) is 13.0. The van der Waals surface area contributed by atoms with Gasteiger partial charge in [-0.1, -0.05) is 23.7 Å². The van der Waals surface area contributed by atoms with Crippen molar-refractivity contribution in [3.63, 3.8) is 0 Å². The molecule has 4 rings (SSSR count). The van der Waals surface area contributed by atoms with Gasteiger partial charge in [0.25, 0.3) is 5.56 Å². The molecular formula is C14H16N2O2S. The number of aromatic nitrogens is 1. The summed E-state index contributed by atoms with van der Waals surface area (Å²) in [5, 5.41) is 0.791. The second kappa shape index (κ2) is 4.16. The smallest absolute Gasteiger partial charge is 0.268 e. The number of hydrogen-bond acceptors (Lipinski definition) is 4. The van der Waals surface area contributed by atoms with Gasteiger partial charge in [-0.15, -0.1) is 0 Å². The second-order valence-electron chi connectivity index (χ2n) is 5.43. The first-order chi connectivity index (χ1) is 9.27. The van der Waals surface area contributed by atoms with Crippen molar-refractivity contribution in [2.75, 3.05) is 6.61 Å². The number of fused-ring (bicyclic) bond motifs is 2. The first-order valence-electron chi connectivity index (χ1n) is 6.75. The summed E-state index contributed by atoms with van der Waals surface area (Å²) in [6, 6.07) is 7.81. The van der Waals surface area contributed by atoms with Crippen LogP contribution in [0.25, 0.3) is 10.1 Å². The van der Waals surface area contributed by atoms with Gasteiger partial charge in [0, 0.05) is 18.6 Å². The Labute approximate surface area is 114 Å². The maximum Gasteiger partial charge on any atom is 0.268 e. The molecule has 1 saturated heterocycles. The van der Waals surface area contributed by atoms with Gasteiger partial charge in [0.15, 0.2) is 0 Å². The van der Waals surface area contributed by atoms with Gasteiger partial charge in [-0.25, -0.2) is 0 Å². The van der Waals surface area contributed by atoms with E-state index in [0.717, 1.165) is 29.5 Å². The maximum atomic E-state index is 12.4. The number of nitrogens with two attached hydrogens (primary N) is 1. The molecule has 2 aliphatic rings. The molecule has 1 aromatic carbocycles. The number of rotatable bonds is 1. The van der Waals surface area contributed by atoms with Gasteiger partial charge < -0.3 is 10.5 Å². The van der Waals surface area contributed by atoms with Crippen molar-refractivity contribution in [1.29, 1.82) is 0 Å². The van der Waals surface area contributed by atoms with E-state index in [1.165, 1.54) is 11.5 Å². The van der Waals surface area contributed by atoms with Crippen LogP contribution in [-0.2, 0) is 4.74 Å². The highest BCUT2D eigenvalue weighted by atomic mass is 32.1. The van der Waals surface area contributed by atoms with Crippen molar-refractivity contribution < 1.29 is 4.74 Å². The Morgan fingerprint density at radius 1 is 1.37 bits per heavy atom. The third-order valence-corrected chi connectivity index (χ3v) is 5.58. The van der Waals surface area contributed by atoms with Crippen molar-refractivity contribution >= 4 is 21.6 Å². The summed E-state index contributed by atoms with van der Waals surface area (Å²) in [4.78, 5) is 12.4. The maximum absolute atomic E-state index is 12.4. The van der Waals surface area contributed by atoms with Crippen LogP contribution in [0.2, 0.25) is 0 Å². The zero-order valence-corrected chi connectivity index (χ0v) is 11.3. The molecule has 0 amide bonds. The van der Waals surface area contributed by atoms with E-state index in [2.05, 4.69) is 0 Å². The number of benzene rings is 1. The lowest BCUT2D eigenvalue weighted by Crippen LogP contribution is -2.63. The van der Waals surface area contributed by atoms with Gasteiger partial charge in [-0.3, -0.25) is 8.75 Å². The zero-order valence-electron chi connectivity index (χ0n) is 10.5. The molecule has 2 aromatic rings. The first-order valence-corrected chi connectivity index (χ1v) is 7.52. The summed E-state index contributed by atoms with van der Waals surface area (Å²) >= 11 is 1.51. The largest absolute Gasteiger partial charge is 0.376 e. The van der Waals surface area contributed by atoms with Crippen LogP contribution in [0.4, 0.5) is 0 Å². The Morgan fingerprint density at radius 2 is 2.21 bits per heavy atom. The van der Waals surface area contributed by atoms with Crippen LogP contribution in [0, 0.1) is 5.92 Å². The molecule has 0 radical (unpaired) electrons. The summed E-state index contributed by atoms with van der Waals surface area (Å²) < 4.78 is 8.69. The molecule has 5 heteroatoms. The molecule has 100 valence electrons. The number of ether oxygens (including phenoxy) is 1. The molecule has 1 aliphatic heterocycles. The third kappa shape index (κ3) is 1.55. The molecule has 1 aromatic heterocycles. The first kappa shape index (κ1) is 11.6. The van der Waals surface area contributed by atoms with Gasteiger partial charge in [-0.05, 0) is 25.0 Å². The molecular weight excluding hydrogens is 260 g/mol. The highest BCUT2D eigenvalue weighted by Crippen LogP contribution is 2.45. The van der Waals surface area contributed by atoms with Crippen LogP contribution in [0.5, 0.6) is 0 Å². The summed E-state index contributed by atoms with van der Waals surface area (Å²) in [7, 11) is 0. The molecule has 1 aliphatic carbocycles. The minimum Gasteiger partial charge on any atom is -0.376 e. The van der Waals surface area contributed by atoms with Crippen LogP contribution < -0.4 is 11.3 Å². The van der Waals surface area contributed by atoms with Crippen LogP contribution in [0.15, 0.2) is 29.1 Å². The molecule has 0 bridgehead atoms. The van der Waals surface area contributed by atoms with Crippen molar-refractivity contribution in [2.45, 2.75) is 31.0 Å². The lowest BCUT2D eigenvalue weighted by molar-refractivity contribution is -0.131. The third-order valence-electron chi connectivity index (χ3n) is 4.42. The summed E-state index contributed by atoms with van der Waals surface area (Å²) in [5.74, 6) is 0.427. The second-order valence-corrected chi connectivity index (χ2v) is 6.44. The average molecular weight is 276 g/mol. The lowest BCUT2D eigenvalue weighted by Gasteiger charge is -2.51. The fourth-order valence-corrected chi connectivity index (χ4v) is 4.56. The number of hydrogen-bond donors (Lipinski definition) is 1. The van der Waals surface area contributed by atoms with Crippen LogP contribution in [-0.4, -0.2) is 22.7 Å². The topological polar surface area (TPSA) is 57.2 Å². The molecule has 2 N–H and O–H groups in total. The Bertz CT molecular complexity index is 677. The summed E-state index contributed by atoms with van der Waals surface area (Å²) in [6.45, 7) is 0.796. The van der Waals surface area contributed by atoms with Gasteiger partial charge in [-0.2, -0.15) is 0 Å². The molecule has 2 heterocycles. The van der Waals surface area contributed by atoms with E-state index in [9.17, 15) is 4.79 Å². The molecule has 2 fully saturated rings. The number of nitrogens with zero attached hydrogens (tertiary/aromatic N) is 1. The van der Waals surface area contributed by atoms with Gasteiger partial charge >= 0.3 is 0 Å². The summed E-state index contributed by atoms with van der Waals surface area (Å²) in [6.07, 6.45) is 2.35. The molecule has 4 unspecified atom stereocenters. The van der Waals surface area contributed by atoms with Crippen molar-refractivity contribution in [1.82, 2.24) is 3.96 Å². The molecule has 1 saturated carbocycles. The van der Waals surface area contributed by atoms with E-state index < -0.39 is 0 Å². The van der Waals surface area contributed by atoms with E-state index in [1.54, 1.807) is 0 Å². The fraction of sp³-hybridized carbons (Fsp3) is 0.500. The Hall–Kier alpha value is -1.17. The van der Waals surface area contributed by atoms with E-state index in [0.29, 0.717) is 5.92 Å². The Balaban J connectivity index is 1.78. The van der Waals surface area contributed by atoms with E-state index >= 15 is 0 Å². The van der Waals surface area contributed by atoms with Crippen molar-refractivity contribution in [3.8, 4) is 0 Å². The molecule has 4 nitrogen and oxygen atoms in total. The SMILES string of the molecule is NC1C2CCCOC2C1n1sc2ccccc2c1=O. The molecule has 0 spiro atoms. The Morgan fingerprint density at radius 3 is 3.05 bits per heavy atom. The molecule has 19 heavy (non-hydrogen) atoms.